The maximum atomic E-state index is 12.4. The van der Waals surface area contributed by atoms with E-state index in [1.807, 2.05) is 35.2 Å². The molecule has 0 aliphatic carbocycles. The fourth-order valence-corrected chi connectivity index (χ4v) is 3.60. The molecule has 1 amide bonds. The number of piperazine rings is 1. The highest BCUT2D eigenvalue weighted by Gasteiger charge is 2.25. The van der Waals surface area contributed by atoms with E-state index in [4.69, 9.17) is 0 Å². The number of benzene rings is 1. The number of hydrogen-bond acceptors (Lipinski definition) is 3. The fourth-order valence-electron chi connectivity index (χ4n) is 2.78. The van der Waals surface area contributed by atoms with Gasteiger partial charge in [0.25, 0.3) is 5.91 Å². The van der Waals surface area contributed by atoms with E-state index >= 15 is 0 Å². The largest absolute Gasteiger partial charge is 0.336 e. The summed E-state index contributed by atoms with van der Waals surface area (Å²) in [6, 6.07) is 14.3. The Bertz CT molecular complexity index is 574. The first kappa shape index (κ1) is 14.3. The van der Waals surface area contributed by atoms with Crippen molar-refractivity contribution < 1.29 is 4.79 Å². The van der Waals surface area contributed by atoms with Crippen molar-refractivity contribution in [2.75, 3.05) is 26.2 Å². The molecule has 1 atom stereocenters. The summed E-state index contributed by atoms with van der Waals surface area (Å²) in [4.78, 5) is 18.2. The predicted molar refractivity (Wildman–Crippen MR) is 86.7 cm³/mol. The van der Waals surface area contributed by atoms with Crippen LogP contribution in [0.5, 0.6) is 0 Å². The number of amides is 1. The van der Waals surface area contributed by atoms with Gasteiger partial charge in [-0.3, -0.25) is 9.69 Å². The van der Waals surface area contributed by atoms with Crippen molar-refractivity contribution in [1.29, 1.82) is 0 Å². The normalized spacial score (nSPS) is 17.7. The molecule has 4 heteroatoms. The lowest BCUT2D eigenvalue weighted by Gasteiger charge is -2.37. The Morgan fingerprint density at radius 1 is 1.05 bits per heavy atom. The van der Waals surface area contributed by atoms with Crippen LogP contribution in [0.4, 0.5) is 0 Å². The van der Waals surface area contributed by atoms with Gasteiger partial charge in [-0.05, 0) is 30.5 Å². The molecular formula is C17H20N2OS. The summed E-state index contributed by atoms with van der Waals surface area (Å²) in [6.45, 7) is 5.75. The Labute approximate surface area is 129 Å². The number of hydrogen-bond donors (Lipinski definition) is 0. The smallest absolute Gasteiger partial charge is 0.253 e. The Kier molecular flexibility index (Phi) is 4.36. The second-order valence-corrected chi connectivity index (χ2v) is 6.36. The summed E-state index contributed by atoms with van der Waals surface area (Å²) in [6.07, 6.45) is 0. The van der Waals surface area contributed by atoms with Gasteiger partial charge in [-0.25, -0.2) is 0 Å². The number of carbonyl (C=O) groups excluding carboxylic acids is 1. The molecule has 110 valence electrons. The lowest BCUT2D eigenvalue weighted by atomic mass is 10.1. The number of carbonyl (C=O) groups is 1. The summed E-state index contributed by atoms with van der Waals surface area (Å²) < 4.78 is 0. The van der Waals surface area contributed by atoms with Gasteiger partial charge in [-0.1, -0.05) is 24.3 Å². The molecule has 21 heavy (non-hydrogen) atoms. The van der Waals surface area contributed by atoms with Gasteiger partial charge in [-0.15, -0.1) is 11.3 Å². The maximum Gasteiger partial charge on any atom is 0.253 e. The van der Waals surface area contributed by atoms with Crippen molar-refractivity contribution in [2.24, 2.45) is 0 Å². The third-order valence-electron chi connectivity index (χ3n) is 4.12. The van der Waals surface area contributed by atoms with Gasteiger partial charge in [-0.2, -0.15) is 0 Å². The summed E-state index contributed by atoms with van der Waals surface area (Å²) in [5.74, 6) is 0.152. The van der Waals surface area contributed by atoms with Crippen LogP contribution in [0.2, 0.25) is 0 Å². The minimum absolute atomic E-state index is 0.152. The molecule has 1 unspecified atom stereocenters. The van der Waals surface area contributed by atoms with Crippen molar-refractivity contribution in [3.63, 3.8) is 0 Å². The van der Waals surface area contributed by atoms with Crippen molar-refractivity contribution in [2.45, 2.75) is 13.0 Å². The van der Waals surface area contributed by atoms with Gasteiger partial charge in [0.05, 0.1) is 0 Å². The molecule has 0 N–H and O–H groups in total. The summed E-state index contributed by atoms with van der Waals surface area (Å²) in [7, 11) is 0. The molecule has 1 saturated heterocycles. The van der Waals surface area contributed by atoms with Crippen LogP contribution in [0, 0.1) is 0 Å². The lowest BCUT2D eigenvalue weighted by molar-refractivity contribution is 0.0584. The van der Waals surface area contributed by atoms with Gasteiger partial charge in [0, 0.05) is 42.7 Å². The van der Waals surface area contributed by atoms with Gasteiger partial charge in [0.2, 0.25) is 0 Å². The van der Waals surface area contributed by atoms with E-state index in [9.17, 15) is 4.79 Å². The Morgan fingerprint density at radius 3 is 2.38 bits per heavy atom. The zero-order chi connectivity index (χ0) is 14.7. The molecule has 1 aliphatic rings. The van der Waals surface area contributed by atoms with Crippen molar-refractivity contribution in [3.05, 3.63) is 58.3 Å². The van der Waals surface area contributed by atoms with E-state index in [0.29, 0.717) is 6.04 Å². The lowest BCUT2D eigenvalue weighted by Crippen LogP contribution is -2.49. The average Bonchev–Trinajstić information content (AvgIpc) is 3.09. The molecule has 1 aromatic heterocycles. The quantitative estimate of drug-likeness (QED) is 0.868. The van der Waals surface area contributed by atoms with Gasteiger partial charge >= 0.3 is 0 Å². The van der Waals surface area contributed by atoms with E-state index < -0.39 is 0 Å². The molecule has 0 saturated carbocycles. The maximum absolute atomic E-state index is 12.4. The first-order valence-electron chi connectivity index (χ1n) is 7.37. The number of rotatable bonds is 3. The molecule has 0 bridgehead atoms. The Hall–Kier alpha value is -1.65. The van der Waals surface area contributed by atoms with E-state index in [0.717, 1.165) is 31.7 Å². The van der Waals surface area contributed by atoms with Crippen LogP contribution in [0.15, 0.2) is 47.8 Å². The third kappa shape index (κ3) is 3.17. The predicted octanol–water partition coefficient (Wildman–Crippen LogP) is 3.27. The highest BCUT2D eigenvalue weighted by atomic mass is 32.1. The molecule has 3 nitrogen and oxygen atoms in total. The van der Waals surface area contributed by atoms with Gasteiger partial charge in [0.15, 0.2) is 0 Å². The second-order valence-electron chi connectivity index (χ2n) is 5.39. The van der Waals surface area contributed by atoms with Crippen LogP contribution >= 0.6 is 11.3 Å². The summed E-state index contributed by atoms with van der Waals surface area (Å²) in [5.41, 5.74) is 0.789. The van der Waals surface area contributed by atoms with Gasteiger partial charge < -0.3 is 4.90 Å². The first-order valence-corrected chi connectivity index (χ1v) is 8.25. The second kappa shape index (κ2) is 6.41. The highest BCUT2D eigenvalue weighted by molar-refractivity contribution is 7.10. The molecule has 1 aromatic carbocycles. The standard InChI is InChI=1S/C17H20N2OS/c1-14(16-8-5-13-21-16)18-9-11-19(12-10-18)17(20)15-6-3-2-4-7-15/h2-8,13-14H,9-12H2,1H3. The monoisotopic (exact) mass is 300 g/mol. The number of nitrogens with zero attached hydrogens (tertiary/aromatic N) is 2. The van der Waals surface area contributed by atoms with E-state index in [-0.39, 0.29) is 5.91 Å². The first-order chi connectivity index (χ1) is 10.3. The molecular weight excluding hydrogens is 280 g/mol. The third-order valence-corrected chi connectivity index (χ3v) is 5.17. The van der Waals surface area contributed by atoms with Crippen molar-refractivity contribution in [1.82, 2.24) is 9.80 Å². The zero-order valence-electron chi connectivity index (χ0n) is 12.2. The van der Waals surface area contributed by atoms with Crippen LogP contribution < -0.4 is 0 Å². The molecule has 0 spiro atoms. The fraction of sp³-hybridized carbons (Fsp3) is 0.353. The highest BCUT2D eigenvalue weighted by Crippen LogP contribution is 2.25. The Balaban J connectivity index is 1.59. The minimum atomic E-state index is 0.152. The van der Waals surface area contributed by atoms with Crippen LogP contribution in [0.1, 0.15) is 28.2 Å². The van der Waals surface area contributed by atoms with E-state index in [1.54, 1.807) is 11.3 Å². The molecule has 2 aromatic rings. The topological polar surface area (TPSA) is 23.6 Å². The molecule has 0 radical (unpaired) electrons. The van der Waals surface area contributed by atoms with Gasteiger partial charge in [0.1, 0.15) is 0 Å². The molecule has 2 heterocycles. The zero-order valence-corrected chi connectivity index (χ0v) is 13.1. The van der Waals surface area contributed by atoms with Crippen LogP contribution in [-0.4, -0.2) is 41.9 Å². The number of thiophene rings is 1. The van der Waals surface area contributed by atoms with E-state index in [1.165, 1.54) is 4.88 Å². The molecule has 1 aliphatic heterocycles. The summed E-state index contributed by atoms with van der Waals surface area (Å²) >= 11 is 1.81. The SMILES string of the molecule is CC(c1cccs1)N1CCN(C(=O)c2ccccc2)CC1. The summed E-state index contributed by atoms with van der Waals surface area (Å²) in [5, 5.41) is 2.13. The average molecular weight is 300 g/mol. The van der Waals surface area contributed by atoms with Crippen LogP contribution in [0.3, 0.4) is 0 Å². The van der Waals surface area contributed by atoms with Crippen molar-refractivity contribution in [3.8, 4) is 0 Å². The molecule has 3 rings (SSSR count). The van der Waals surface area contributed by atoms with E-state index in [2.05, 4.69) is 29.3 Å². The Morgan fingerprint density at radius 2 is 1.76 bits per heavy atom. The van der Waals surface area contributed by atoms with Crippen LogP contribution in [-0.2, 0) is 0 Å². The van der Waals surface area contributed by atoms with Crippen molar-refractivity contribution >= 4 is 17.2 Å². The van der Waals surface area contributed by atoms with Crippen LogP contribution in [0.25, 0.3) is 0 Å². The molecule has 1 fully saturated rings. The minimum Gasteiger partial charge on any atom is -0.336 e.